The van der Waals surface area contributed by atoms with E-state index in [1.807, 2.05) is 6.92 Å². The van der Waals surface area contributed by atoms with E-state index in [9.17, 15) is 26.3 Å². The first kappa shape index (κ1) is 27.6. The Morgan fingerprint density at radius 2 is 1.86 bits per heavy atom. The molecular weight excluding hydrogens is 486 g/mol. The molecule has 2 heterocycles. The molecule has 1 aromatic heterocycles. The van der Waals surface area contributed by atoms with Crippen molar-refractivity contribution in [1.82, 2.24) is 20.0 Å². The standard InChI is InChI=1S/C24H28F6N6/c1-4-21-8-22(12-33-21)36(15-32-10-17(9-31-2)18-11-34-35(3)14-18)13-16-5-19(23(25,26)27)7-20(6-16)24(28,29)30/h5-7,9-11,14,21-22,33H,2,4,8,12-13,15H2,1,3H3/b17-9+,32-10-/t21-,22+/m1/s1. The van der Waals surface area contributed by atoms with E-state index in [-0.39, 0.29) is 36.9 Å². The summed E-state index contributed by atoms with van der Waals surface area (Å²) in [6.45, 7) is 5.96. The van der Waals surface area contributed by atoms with Crippen molar-refractivity contribution in [2.24, 2.45) is 17.0 Å². The zero-order chi connectivity index (χ0) is 26.5. The van der Waals surface area contributed by atoms with Crippen LogP contribution in [0.3, 0.4) is 0 Å². The van der Waals surface area contributed by atoms with Crippen LogP contribution in [0.25, 0.3) is 5.57 Å². The molecule has 1 aliphatic heterocycles. The van der Waals surface area contributed by atoms with Crippen molar-refractivity contribution in [2.75, 3.05) is 13.2 Å². The predicted molar refractivity (Wildman–Crippen MR) is 127 cm³/mol. The maximum Gasteiger partial charge on any atom is 0.416 e. The minimum absolute atomic E-state index is 0.0646. The summed E-state index contributed by atoms with van der Waals surface area (Å²) in [4.78, 5) is 10.0. The van der Waals surface area contributed by atoms with Gasteiger partial charge < -0.3 is 5.32 Å². The summed E-state index contributed by atoms with van der Waals surface area (Å²) < 4.78 is 81.7. The van der Waals surface area contributed by atoms with Gasteiger partial charge in [0.05, 0.1) is 24.0 Å². The zero-order valence-corrected chi connectivity index (χ0v) is 19.9. The van der Waals surface area contributed by atoms with Crippen LogP contribution in [0.15, 0.2) is 46.8 Å². The van der Waals surface area contributed by atoms with Crippen LogP contribution in [-0.2, 0) is 25.9 Å². The van der Waals surface area contributed by atoms with Crippen LogP contribution in [0.5, 0.6) is 0 Å². The smallest absolute Gasteiger partial charge is 0.312 e. The monoisotopic (exact) mass is 514 g/mol. The van der Waals surface area contributed by atoms with E-state index < -0.39 is 23.5 Å². The van der Waals surface area contributed by atoms with Crippen LogP contribution in [0, 0.1) is 0 Å². The summed E-state index contributed by atoms with van der Waals surface area (Å²) in [5.74, 6) is 0. The van der Waals surface area contributed by atoms with Gasteiger partial charge in [0.2, 0.25) is 0 Å². The van der Waals surface area contributed by atoms with Crippen LogP contribution in [-0.4, -0.2) is 52.9 Å². The fraction of sp³-hybridized carbons (Fsp3) is 0.458. The number of aryl methyl sites for hydroxylation is 1. The Morgan fingerprint density at radius 3 is 2.36 bits per heavy atom. The highest BCUT2D eigenvalue weighted by Gasteiger charge is 2.37. The van der Waals surface area contributed by atoms with E-state index in [1.165, 1.54) is 6.20 Å². The number of hydrogen-bond acceptors (Lipinski definition) is 5. The Morgan fingerprint density at radius 1 is 1.19 bits per heavy atom. The van der Waals surface area contributed by atoms with Gasteiger partial charge >= 0.3 is 12.4 Å². The molecule has 1 aromatic carbocycles. The van der Waals surface area contributed by atoms with E-state index in [0.29, 0.717) is 18.5 Å². The summed E-state index contributed by atoms with van der Waals surface area (Å²) in [6, 6.07) is 1.79. The lowest BCUT2D eigenvalue weighted by molar-refractivity contribution is -0.143. The fourth-order valence-corrected chi connectivity index (χ4v) is 4.12. The number of nitrogens with one attached hydrogen (secondary N) is 1. The zero-order valence-electron chi connectivity index (χ0n) is 19.9. The molecule has 1 fully saturated rings. The van der Waals surface area contributed by atoms with Crippen molar-refractivity contribution in [3.05, 3.63) is 59.0 Å². The third kappa shape index (κ3) is 7.26. The van der Waals surface area contributed by atoms with Crippen molar-refractivity contribution in [3.63, 3.8) is 0 Å². The van der Waals surface area contributed by atoms with E-state index in [1.54, 1.807) is 35.2 Å². The number of alkyl halides is 6. The average molecular weight is 515 g/mol. The van der Waals surface area contributed by atoms with Crippen LogP contribution in [0.4, 0.5) is 26.3 Å². The summed E-state index contributed by atoms with van der Waals surface area (Å²) in [7, 11) is 1.75. The molecule has 0 amide bonds. The largest absolute Gasteiger partial charge is 0.416 e. The van der Waals surface area contributed by atoms with Crippen LogP contribution >= 0.6 is 0 Å². The number of aromatic nitrogens is 2. The molecule has 0 spiro atoms. The molecule has 3 rings (SSSR count). The molecular formula is C24H28F6N6. The van der Waals surface area contributed by atoms with E-state index in [0.717, 1.165) is 24.1 Å². The van der Waals surface area contributed by atoms with E-state index in [4.69, 9.17) is 0 Å². The van der Waals surface area contributed by atoms with Gasteiger partial charge in [-0.1, -0.05) is 6.92 Å². The van der Waals surface area contributed by atoms with Crippen molar-refractivity contribution < 1.29 is 26.3 Å². The average Bonchev–Trinajstić information content (AvgIpc) is 3.45. The Balaban J connectivity index is 1.90. The van der Waals surface area contributed by atoms with Gasteiger partial charge in [-0.25, -0.2) is 0 Å². The summed E-state index contributed by atoms with van der Waals surface area (Å²) >= 11 is 0. The molecule has 1 N–H and O–H groups in total. The van der Waals surface area contributed by atoms with Crippen LogP contribution < -0.4 is 5.32 Å². The second kappa shape index (κ2) is 11.4. The molecule has 2 aromatic rings. The highest BCUT2D eigenvalue weighted by atomic mass is 19.4. The Kier molecular flexibility index (Phi) is 8.72. The predicted octanol–water partition coefficient (Wildman–Crippen LogP) is 5.17. The number of allylic oxidation sites excluding steroid dienone is 1. The molecule has 0 unspecified atom stereocenters. The summed E-state index contributed by atoms with van der Waals surface area (Å²) in [6.07, 6.45) is -1.82. The minimum atomic E-state index is -4.90. The van der Waals surface area contributed by atoms with Crippen LogP contribution in [0.2, 0.25) is 0 Å². The molecule has 196 valence electrons. The number of halogens is 6. The molecule has 0 bridgehead atoms. The molecule has 1 aliphatic rings. The third-order valence-electron chi connectivity index (χ3n) is 6.00. The van der Waals surface area contributed by atoms with Gasteiger partial charge in [-0.3, -0.25) is 19.6 Å². The minimum Gasteiger partial charge on any atom is -0.312 e. The number of benzene rings is 1. The molecule has 6 nitrogen and oxygen atoms in total. The van der Waals surface area contributed by atoms with Gasteiger partial charge in [0, 0.05) is 62.0 Å². The SMILES string of the molecule is C=N/C=C(\C=N/CN(Cc1cc(C(F)(F)F)cc(C(F)(F)F)c1)[C@@H]1CN[C@H](CC)C1)c1cnn(C)c1. The van der Waals surface area contributed by atoms with Gasteiger partial charge in [0.1, 0.15) is 0 Å². The maximum absolute atomic E-state index is 13.4. The lowest BCUT2D eigenvalue weighted by Gasteiger charge is -2.27. The van der Waals surface area contributed by atoms with Gasteiger partial charge in [0.25, 0.3) is 0 Å². The number of rotatable bonds is 9. The van der Waals surface area contributed by atoms with Crippen molar-refractivity contribution in [1.29, 1.82) is 0 Å². The van der Waals surface area contributed by atoms with Crippen LogP contribution in [0.1, 0.15) is 42.0 Å². The van der Waals surface area contributed by atoms with Gasteiger partial charge in [-0.15, -0.1) is 0 Å². The first-order chi connectivity index (χ1) is 16.9. The number of nitrogens with zero attached hydrogens (tertiary/aromatic N) is 5. The molecule has 2 atom stereocenters. The van der Waals surface area contributed by atoms with Crippen molar-refractivity contribution >= 4 is 18.5 Å². The molecule has 36 heavy (non-hydrogen) atoms. The second-order valence-corrected chi connectivity index (χ2v) is 8.69. The second-order valence-electron chi connectivity index (χ2n) is 8.69. The topological polar surface area (TPSA) is 57.8 Å². The number of aliphatic imine (C=N–C) groups is 2. The lowest BCUT2D eigenvalue weighted by atomic mass is 10.0. The molecule has 0 aliphatic carbocycles. The quantitative estimate of drug-likeness (QED) is 0.371. The lowest BCUT2D eigenvalue weighted by Crippen LogP contribution is -2.36. The van der Waals surface area contributed by atoms with E-state index >= 15 is 0 Å². The van der Waals surface area contributed by atoms with Crippen molar-refractivity contribution in [3.8, 4) is 0 Å². The molecule has 0 radical (unpaired) electrons. The fourth-order valence-electron chi connectivity index (χ4n) is 4.12. The molecule has 12 heteroatoms. The normalized spacial score (nSPS) is 19.5. The number of hydrogen-bond donors (Lipinski definition) is 1. The van der Waals surface area contributed by atoms with Crippen molar-refractivity contribution in [2.45, 2.75) is 50.7 Å². The maximum atomic E-state index is 13.4. The first-order valence-electron chi connectivity index (χ1n) is 11.3. The highest BCUT2D eigenvalue weighted by Crippen LogP contribution is 2.36. The Bertz CT molecular complexity index is 1070. The third-order valence-corrected chi connectivity index (χ3v) is 6.00. The van der Waals surface area contributed by atoms with E-state index in [2.05, 4.69) is 27.1 Å². The van der Waals surface area contributed by atoms with Gasteiger partial charge in [-0.05, 0) is 43.3 Å². The summed E-state index contributed by atoms with van der Waals surface area (Å²) in [5, 5.41) is 7.45. The Labute approximate surface area is 205 Å². The Hall–Kier alpha value is -2.99. The van der Waals surface area contributed by atoms with Gasteiger partial charge in [-0.2, -0.15) is 31.4 Å². The molecule has 1 saturated heterocycles. The first-order valence-corrected chi connectivity index (χ1v) is 11.3. The van der Waals surface area contributed by atoms with Gasteiger partial charge in [0.15, 0.2) is 0 Å². The summed E-state index contributed by atoms with van der Waals surface area (Å²) in [5.41, 5.74) is -1.38. The highest BCUT2D eigenvalue weighted by molar-refractivity contribution is 6.09. The molecule has 0 saturated carbocycles.